The van der Waals surface area contributed by atoms with Crippen LogP contribution in [0.4, 0.5) is 10.1 Å². The molecule has 1 saturated heterocycles. The van der Waals surface area contributed by atoms with E-state index in [4.69, 9.17) is 10.3 Å². The summed E-state index contributed by atoms with van der Waals surface area (Å²) < 4.78 is 18.2. The molecule has 3 N–H and O–H groups in total. The number of hydrogen-bond acceptors (Lipinski definition) is 6. The van der Waals surface area contributed by atoms with Crippen molar-refractivity contribution in [1.82, 2.24) is 15.0 Å². The van der Waals surface area contributed by atoms with Crippen molar-refractivity contribution >= 4 is 17.5 Å². The fourth-order valence-electron chi connectivity index (χ4n) is 4.00. The van der Waals surface area contributed by atoms with E-state index >= 15 is 0 Å². The van der Waals surface area contributed by atoms with Crippen molar-refractivity contribution in [1.29, 1.82) is 0 Å². The Bertz CT molecular complexity index is 1110. The maximum absolute atomic E-state index is 13.0. The third-order valence-corrected chi connectivity index (χ3v) is 6.08. The Morgan fingerprint density at radius 3 is 2.44 bits per heavy atom. The zero-order chi connectivity index (χ0) is 23.9. The summed E-state index contributed by atoms with van der Waals surface area (Å²) in [6, 6.07) is 13.6. The van der Waals surface area contributed by atoms with Crippen molar-refractivity contribution in [2.24, 2.45) is 11.7 Å². The lowest BCUT2D eigenvalue weighted by Crippen LogP contribution is -2.39. The fourth-order valence-corrected chi connectivity index (χ4v) is 4.00. The number of anilines is 1. The van der Waals surface area contributed by atoms with Crippen LogP contribution in [0.3, 0.4) is 0 Å². The van der Waals surface area contributed by atoms with Gasteiger partial charge in [-0.05, 0) is 74.3 Å². The Morgan fingerprint density at radius 2 is 1.76 bits per heavy atom. The molecule has 2 heterocycles. The minimum Gasteiger partial charge on any atom is -0.369 e. The molecule has 0 unspecified atom stereocenters. The largest absolute Gasteiger partial charge is 0.369 e. The normalized spacial score (nSPS) is 14.7. The minimum absolute atomic E-state index is 0.0100. The second-order valence-electron chi connectivity index (χ2n) is 8.53. The molecule has 0 radical (unpaired) electrons. The molecular weight excluding hydrogens is 437 g/mol. The Hall–Kier alpha value is -3.59. The highest BCUT2D eigenvalue weighted by atomic mass is 19.1. The van der Waals surface area contributed by atoms with Gasteiger partial charge in [-0.15, -0.1) is 0 Å². The first-order valence-corrected chi connectivity index (χ1v) is 11.5. The maximum Gasteiger partial charge on any atom is 0.227 e. The molecule has 4 rings (SSSR count). The Labute approximate surface area is 197 Å². The Morgan fingerprint density at radius 1 is 1.06 bits per heavy atom. The summed E-state index contributed by atoms with van der Waals surface area (Å²) in [7, 11) is 0. The molecule has 0 spiro atoms. The van der Waals surface area contributed by atoms with Gasteiger partial charge in [0.1, 0.15) is 5.82 Å². The van der Waals surface area contributed by atoms with Crippen molar-refractivity contribution in [3.05, 3.63) is 65.8 Å². The number of carbonyl (C=O) groups is 2. The number of piperidine rings is 1. The van der Waals surface area contributed by atoms with Crippen LogP contribution in [-0.4, -0.2) is 46.5 Å². The first-order valence-electron chi connectivity index (χ1n) is 11.5. The van der Waals surface area contributed by atoms with Gasteiger partial charge in [0.05, 0.1) is 0 Å². The number of carbonyl (C=O) groups excluding carboxylic acids is 2. The number of halogens is 1. The third kappa shape index (κ3) is 6.48. The van der Waals surface area contributed by atoms with E-state index in [1.165, 1.54) is 17.7 Å². The molecule has 2 amide bonds. The van der Waals surface area contributed by atoms with Crippen LogP contribution in [0.2, 0.25) is 0 Å². The monoisotopic (exact) mass is 465 g/mol. The molecule has 178 valence electrons. The maximum atomic E-state index is 13.0. The number of nitrogens with zero attached hydrogens (tertiary/aromatic N) is 3. The number of nitrogens with one attached hydrogen (secondary N) is 1. The number of hydrogen-bond donors (Lipinski definition) is 2. The summed E-state index contributed by atoms with van der Waals surface area (Å²) in [4.78, 5) is 30.2. The summed E-state index contributed by atoms with van der Waals surface area (Å²) in [5.74, 6) is 0.0541. The molecule has 0 atom stereocenters. The second kappa shape index (κ2) is 11.0. The van der Waals surface area contributed by atoms with Crippen molar-refractivity contribution in [3.8, 4) is 11.4 Å². The summed E-state index contributed by atoms with van der Waals surface area (Å²) in [6.45, 7) is 2.72. The van der Waals surface area contributed by atoms with Crippen LogP contribution >= 0.6 is 0 Å². The van der Waals surface area contributed by atoms with Crippen LogP contribution < -0.4 is 11.1 Å². The molecular formula is C25H28FN5O3. The van der Waals surface area contributed by atoms with Gasteiger partial charge in [0.15, 0.2) is 0 Å². The van der Waals surface area contributed by atoms with Crippen LogP contribution in [0.25, 0.3) is 11.4 Å². The summed E-state index contributed by atoms with van der Waals surface area (Å²) in [5.41, 5.74) is 7.96. The summed E-state index contributed by atoms with van der Waals surface area (Å²) in [5, 5.41) is 6.77. The summed E-state index contributed by atoms with van der Waals surface area (Å²) in [6.07, 6.45) is 3.08. The molecule has 8 nitrogen and oxygen atoms in total. The van der Waals surface area contributed by atoms with E-state index in [1.807, 2.05) is 24.3 Å². The minimum atomic E-state index is -0.334. The number of aryl methyl sites for hydroxylation is 1. The molecule has 1 aliphatic heterocycles. The van der Waals surface area contributed by atoms with E-state index in [2.05, 4.69) is 20.4 Å². The predicted molar refractivity (Wildman–Crippen MR) is 125 cm³/mol. The molecule has 3 aromatic rings. The predicted octanol–water partition coefficient (Wildman–Crippen LogP) is 3.19. The highest BCUT2D eigenvalue weighted by molar-refractivity contribution is 5.90. The first kappa shape index (κ1) is 23.6. The molecule has 9 heteroatoms. The van der Waals surface area contributed by atoms with Gasteiger partial charge in [0.25, 0.3) is 0 Å². The molecule has 2 aromatic carbocycles. The van der Waals surface area contributed by atoms with Gasteiger partial charge in [-0.25, -0.2) is 4.39 Å². The molecule has 0 saturated carbocycles. The van der Waals surface area contributed by atoms with Crippen LogP contribution in [0.5, 0.6) is 0 Å². The van der Waals surface area contributed by atoms with Crippen molar-refractivity contribution < 1.29 is 18.5 Å². The highest BCUT2D eigenvalue weighted by Crippen LogP contribution is 2.19. The topological polar surface area (TPSA) is 114 Å². The Balaban J connectivity index is 1.19. The van der Waals surface area contributed by atoms with Gasteiger partial charge >= 0.3 is 0 Å². The lowest BCUT2D eigenvalue weighted by molar-refractivity contribution is -0.123. The number of aromatic nitrogens is 2. The number of likely N-dealkylation sites (tertiary alicyclic amines) is 1. The standard InChI is InChI=1S/C25H28FN5O3/c26-20-5-3-19(4-6-20)25-29-23(34-30-25)10-9-22(32)28-21-7-1-17(2-8-21)11-14-31-15-12-18(13-16-31)24(27)33/h1-8,18H,9-16H2,(H2,27,33)(H,28,32). The van der Waals surface area contributed by atoms with Gasteiger partial charge < -0.3 is 20.5 Å². The van der Waals surface area contributed by atoms with Crippen LogP contribution in [0.1, 0.15) is 30.7 Å². The van der Waals surface area contributed by atoms with Crippen molar-refractivity contribution in [3.63, 3.8) is 0 Å². The Kier molecular flexibility index (Phi) is 7.64. The van der Waals surface area contributed by atoms with Crippen LogP contribution in [0, 0.1) is 11.7 Å². The van der Waals surface area contributed by atoms with E-state index in [0.29, 0.717) is 23.7 Å². The first-order chi connectivity index (χ1) is 16.5. The van der Waals surface area contributed by atoms with E-state index in [-0.39, 0.29) is 30.0 Å². The SMILES string of the molecule is NC(=O)C1CCN(CCc2ccc(NC(=O)CCc3nc(-c4ccc(F)cc4)no3)cc2)CC1. The third-order valence-electron chi connectivity index (χ3n) is 6.08. The van der Waals surface area contributed by atoms with Gasteiger partial charge in [-0.1, -0.05) is 17.3 Å². The van der Waals surface area contributed by atoms with Crippen LogP contribution in [-0.2, 0) is 22.4 Å². The van der Waals surface area contributed by atoms with Gasteiger partial charge in [0, 0.05) is 36.6 Å². The van der Waals surface area contributed by atoms with E-state index < -0.39 is 0 Å². The number of primary amides is 1. The zero-order valence-corrected chi connectivity index (χ0v) is 18.9. The number of benzene rings is 2. The van der Waals surface area contributed by atoms with Gasteiger partial charge in [0.2, 0.25) is 23.5 Å². The summed E-state index contributed by atoms with van der Waals surface area (Å²) >= 11 is 0. The van der Waals surface area contributed by atoms with Gasteiger partial charge in [-0.2, -0.15) is 4.98 Å². The molecule has 0 bridgehead atoms. The average molecular weight is 466 g/mol. The average Bonchev–Trinajstić information content (AvgIpc) is 3.32. The van der Waals surface area contributed by atoms with Gasteiger partial charge in [-0.3, -0.25) is 9.59 Å². The van der Waals surface area contributed by atoms with E-state index in [1.54, 1.807) is 12.1 Å². The zero-order valence-electron chi connectivity index (χ0n) is 18.9. The lowest BCUT2D eigenvalue weighted by Gasteiger charge is -2.30. The smallest absolute Gasteiger partial charge is 0.227 e. The number of nitrogens with two attached hydrogens (primary N) is 1. The second-order valence-corrected chi connectivity index (χ2v) is 8.53. The molecule has 0 aliphatic carbocycles. The molecule has 1 fully saturated rings. The van der Waals surface area contributed by atoms with Crippen molar-refractivity contribution in [2.75, 3.05) is 25.0 Å². The molecule has 1 aromatic heterocycles. The number of rotatable bonds is 9. The lowest BCUT2D eigenvalue weighted by atomic mass is 9.96. The van der Waals surface area contributed by atoms with Crippen molar-refractivity contribution in [2.45, 2.75) is 32.1 Å². The number of amides is 2. The van der Waals surface area contributed by atoms with Crippen LogP contribution in [0.15, 0.2) is 53.1 Å². The highest BCUT2D eigenvalue weighted by Gasteiger charge is 2.22. The fraction of sp³-hybridized carbons (Fsp3) is 0.360. The molecule has 1 aliphatic rings. The van der Waals surface area contributed by atoms with E-state index in [0.717, 1.165) is 44.6 Å². The molecule has 34 heavy (non-hydrogen) atoms. The van der Waals surface area contributed by atoms with E-state index in [9.17, 15) is 14.0 Å². The quantitative estimate of drug-likeness (QED) is 0.502.